The Labute approximate surface area is 157 Å². The minimum atomic E-state index is -0.0381. The number of carbonyl (C=O) groups is 1. The second-order valence-corrected chi connectivity index (χ2v) is 6.30. The minimum Gasteiger partial charge on any atom is -0.497 e. The molecule has 1 aliphatic heterocycles. The Hall–Kier alpha value is -3.12. The van der Waals surface area contributed by atoms with Crippen LogP contribution in [0.2, 0.25) is 0 Å². The largest absolute Gasteiger partial charge is 0.497 e. The number of hydrogen-bond acceptors (Lipinski definition) is 4. The maximum atomic E-state index is 13.1. The maximum Gasteiger partial charge on any atom is 0.272 e. The lowest BCUT2D eigenvalue weighted by Gasteiger charge is -2.26. The zero-order valence-corrected chi connectivity index (χ0v) is 15.2. The van der Waals surface area contributed by atoms with Crippen molar-refractivity contribution in [3.63, 3.8) is 0 Å². The zero-order chi connectivity index (χ0) is 18.6. The van der Waals surface area contributed by atoms with E-state index in [1.54, 1.807) is 11.8 Å². The third-order valence-electron chi connectivity index (χ3n) is 4.59. The van der Waals surface area contributed by atoms with Gasteiger partial charge in [-0.15, -0.1) is 0 Å². The van der Waals surface area contributed by atoms with Gasteiger partial charge in [-0.2, -0.15) is 5.10 Å². The van der Waals surface area contributed by atoms with Gasteiger partial charge in [0.15, 0.2) is 0 Å². The van der Waals surface area contributed by atoms with Gasteiger partial charge < -0.3 is 14.4 Å². The molecule has 0 radical (unpaired) electrons. The SMILES string of the molecule is COc1cccc(-c2cc(C(=O)N3CCOCC3)n(-c3ccccc3)n2)c1. The van der Waals surface area contributed by atoms with Crippen LogP contribution in [0.1, 0.15) is 10.5 Å². The standard InChI is InChI=1S/C21H21N3O3/c1-26-18-9-5-6-16(14-18)19-15-20(21(25)23-10-12-27-13-11-23)24(22-19)17-7-3-2-4-8-17/h2-9,14-15H,10-13H2,1H3. The van der Waals surface area contributed by atoms with Crippen LogP contribution in [0.15, 0.2) is 60.7 Å². The fourth-order valence-electron chi connectivity index (χ4n) is 3.15. The van der Waals surface area contributed by atoms with E-state index >= 15 is 0 Å². The number of para-hydroxylation sites is 1. The Morgan fingerprint density at radius 3 is 2.56 bits per heavy atom. The molecule has 0 aliphatic carbocycles. The summed E-state index contributed by atoms with van der Waals surface area (Å²) in [7, 11) is 1.63. The van der Waals surface area contributed by atoms with Crippen molar-refractivity contribution >= 4 is 5.91 Å². The molecule has 2 heterocycles. The highest BCUT2D eigenvalue weighted by Gasteiger charge is 2.24. The fraction of sp³-hybridized carbons (Fsp3) is 0.238. The Kier molecular flexibility index (Phi) is 4.89. The number of carbonyl (C=O) groups excluding carboxylic acids is 1. The van der Waals surface area contributed by atoms with Crippen LogP contribution >= 0.6 is 0 Å². The Bertz CT molecular complexity index is 931. The molecule has 1 saturated heterocycles. The molecule has 0 bridgehead atoms. The smallest absolute Gasteiger partial charge is 0.272 e. The van der Waals surface area contributed by atoms with E-state index in [0.717, 1.165) is 22.7 Å². The molecule has 1 fully saturated rings. The molecule has 6 heteroatoms. The second-order valence-electron chi connectivity index (χ2n) is 6.30. The van der Waals surface area contributed by atoms with Gasteiger partial charge in [-0.05, 0) is 30.3 Å². The van der Waals surface area contributed by atoms with Crippen LogP contribution in [0.25, 0.3) is 16.9 Å². The molecule has 0 unspecified atom stereocenters. The van der Waals surface area contributed by atoms with E-state index in [4.69, 9.17) is 14.6 Å². The van der Waals surface area contributed by atoms with E-state index in [0.29, 0.717) is 32.0 Å². The number of aromatic nitrogens is 2. The van der Waals surface area contributed by atoms with Crippen molar-refractivity contribution in [2.75, 3.05) is 33.4 Å². The van der Waals surface area contributed by atoms with Crippen LogP contribution in [-0.4, -0.2) is 54.0 Å². The molecule has 0 spiro atoms. The van der Waals surface area contributed by atoms with Gasteiger partial charge in [0.05, 0.1) is 31.7 Å². The summed E-state index contributed by atoms with van der Waals surface area (Å²) in [5, 5.41) is 4.72. The molecular formula is C21H21N3O3. The van der Waals surface area contributed by atoms with Gasteiger partial charge in [-0.1, -0.05) is 30.3 Å². The Morgan fingerprint density at radius 1 is 1.04 bits per heavy atom. The molecule has 2 aromatic carbocycles. The number of ether oxygens (including phenoxy) is 2. The van der Waals surface area contributed by atoms with Crippen molar-refractivity contribution in [2.45, 2.75) is 0 Å². The lowest BCUT2D eigenvalue weighted by atomic mass is 10.1. The summed E-state index contributed by atoms with van der Waals surface area (Å²) in [4.78, 5) is 15.0. The van der Waals surface area contributed by atoms with Crippen LogP contribution in [0.4, 0.5) is 0 Å². The predicted octanol–water partition coefficient (Wildman–Crippen LogP) is 3.02. The van der Waals surface area contributed by atoms with Crippen LogP contribution < -0.4 is 4.74 Å². The monoisotopic (exact) mass is 363 g/mol. The number of rotatable bonds is 4. The first-order valence-corrected chi connectivity index (χ1v) is 8.93. The fourth-order valence-corrected chi connectivity index (χ4v) is 3.15. The van der Waals surface area contributed by atoms with Gasteiger partial charge in [0, 0.05) is 18.7 Å². The minimum absolute atomic E-state index is 0.0381. The normalized spacial score (nSPS) is 14.2. The number of morpholine rings is 1. The summed E-state index contributed by atoms with van der Waals surface area (Å²) in [5.74, 6) is 0.714. The summed E-state index contributed by atoms with van der Waals surface area (Å²) >= 11 is 0. The van der Waals surface area contributed by atoms with Crippen molar-refractivity contribution in [3.8, 4) is 22.7 Å². The third kappa shape index (κ3) is 3.57. The topological polar surface area (TPSA) is 56.6 Å². The highest BCUT2D eigenvalue weighted by atomic mass is 16.5. The highest BCUT2D eigenvalue weighted by Crippen LogP contribution is 2.26. The maximum absolute atomic E-state index is 13.1. The van der Waals surface area contributed by atoms with Crippen LogP contribution in [0.5, 0.6) is 5.75 Å². The van der Waals surface area contributed by atoms with Crippen molar-refractivity contribution in [1.82, 2.24) is 14.7 Å². The average Bonchev–Trinajstić information content (AvgIpc) is 3.20. The summed E-state index contributed by atoms with van der Waals surface area (Å²) in [5.41, 5.74) is 3.03. The lowest BCUT2D eigenvalue weighted by Crippen LogP contribution is -2.41. The first-order valence-electron chi connectivity index (χ1n) is 8.93. The molecule has 0 N–H and O–H groups in total. The van der Waals surface area contributed by atoms with E-state index in [-0.39, 0.29) is 5.91 Å². The van der Waals surface area contributed by atoms with Gasteiger partial charge in [0.25, 0.3) is 5.91 Å². The van der Waals surface area contributed by atoms with Gasteiger partial charge in [0.1, 0.15) is 11.4 Å². The number of nitrogens with zero attached hydrogens (tertiary/aromatic N) is 3. The molecule has 1 aromatic heterocycles. The first-order chi connectivity index (χ1) is 13.3. The second kappa shape index (κ2) is 7.63. The Balaban J connectivity index is 1.78. The summed E-state index contributed by atoms with van der Waals surface area (Å²) in [6.45, 7) is 2.31. The molecule has 3 aromatic rings. The molecule has 0 saturated carbocycles. The predicted molar refractivity (Wildman–Crippen MR) is 102 cm³/mol. The molecule has 138 valence electrons. The zero-order valence-electron chi connectivity index (χ0n) is 15.2. The van der Waals surface area contributed by atoms with E-state index in [9.17, 15) is 4.79 Å². The van der Waals surface area contributed by atoms with E-state index in [1.165, 1.54) is 0 Å². The molecule has 27 heavy (non-hydrogen) atoms. The van der Waals surface area contributed by atoms with Gasteiger partial charge in [0.2, 0.25) is 0 Å². The van der Waals surface area contributed by atoms with Crippen LogP contribution in [0, 0.1) is 0 Å². The quantitative estimate of drug-likeness (QED) is 0.715. The van der Waals surface area contributed by atoms with Crippen molar-refractivity contribution < 1.29 is 14.3 Å². The Morgan fingerprint density at radius 2 is 1.81 bits per heavy atom. The molecule has 1 aliphatic rings. The number of hydrogen-bond donors (Lipinski definition) is 0. The number of benzene rings is 2. The third-order valence-corrected chi connectivity index (χ3v) is 4.59. The van der Waals surface area contributed by atoms with Gasteiger partial charge in [-0.25, -0.2) is 4.68 Å². The van der Waals surface area contributed by atoms with Gasteiger partial charge in [-0.3, -0.25) is 4.79 Å². The number of amides is 1. The van der Waals surface area contributed by atoms with E-state index < -0.39 is 0 Å². The highest BCUT2D eigenvalue weighted by molar-refractivity contribution is 5.94. The summed E-state index contributed by atoms with van der Waals surface area (Å²) in [6.07, 6.45) is 0. The lowest BCUT2D eigenvalue weighted by molar-refractivity contribution is 0.0297. The van der Waals surface area contributed by atoms with Crippen LogP contribution in [-0.2, 0) is 4.74 Å². The van der Waals surface area contributed by atoms with Crippen molar-refractivity contribution in [3.05, 3.63) is 66.4 Å². The summed E-state index contributed by atoms with van der Waals surface area (Å²) in [6, 6.07) is 19.2. The van der Waals surface area contributed by atoms with Crippen LogP contribution in [0.3, 0.4) is 0 Å². The number of methoxy groups -OCH3 is 1. The van der Waals surface area contributed by atoms with E-state index in [2.05, 4.69) is 0 Å². The molecule has 0 atom stereocenters. The molecule has 1 amide bonds. The average molecular weight is 363 g/mol. The van der Waals surface area contributed by atoms with E-state index in [1.807, 2.05) is 65.6 Å². The molecule has 4 rings (SSSR count). The van der Waals surface area contributed by atoms with Crippen molar-refractivity contribution in [1.29, 1.82) is 0 Å². The summed E-state index contributed by atoms with van der Waals surface area (Å²) < 4.78 is 12.4. The van der Waals surface area contributed by atoms with Gasteiger partial charge >= 0.3 is 0 Å². The van der Waals surface area contributed by atoms with Crippen molar-refractivity contribution in [2.24, 2.45) is 0 Å². The molecule has 6 nitrogen and oxygen atoms in total. The molecular weight excluding hydrogens is 342 g/mol. The first kappa shape index (κ1) is 17.3.